The van der Waals surface area contributed by atoms with E-state index < -0.39 is 4.84 Å². The van der Waals surface area contributed by atoms with Crippen molar-refractivity contribution in [2.24, 2.45) is 0 Å². The second-order valence-corrected chi connectivity index (χ2v) is 2.18. The summed E-state index contributed by atoms with van der Waals surface area (Å²) in [6.07, 6.45) is 0.461. The van der Waals surface area contributed by atoms with Gasteiger partial charge in [0.05, 0.1) is 0 Å². The minimum Gasteiger partial charge on any atom is -0.396 e. The maximum atomic E-state index is 8.07. The van der Waals surface area contributed by atoms with Crippen molar-refractivity contribution in [2.75, 3.05) is 6.61 Å². The van der Waals surface area contributed by atoms with Gasteiger partial charge < -0.3 is 5.11 Å². The average Bonchev–Trinajstić information content (AvgIpc) is 1.35. The summed E-state index contributed by atoms with van der Waals surface area (Å²) in [6.45, 7) is 0.0671. The first-order chi connectivity index (χ1) is 2.77. The predicted octanol–water partition coefficient (Wildman–Crippen LogP) is 1.59. The summed E-state index contributed by atoms with van der Waals surface area (Å²) in [4.78, 5) is -0.407. The van der Waals surface area contributed by atoms with Gasteiger partial charge in [-0.15, -0.1) is 35.6 Å². The van der Waals surface area contributed by atoms with Crippen molar-refractivity contribution < 1.29 is 5.11 Å². The SMILES string of the molecule is Cl.OCCC(Cl)Cl. The van der Waals surface area contributed by atoms with E-state index in [4.69, 9.17) is 28.3 Å². The highest BCUT2D eigenvalue weighted by Crippen LogP contribution is 2.04. The van der Waals surface area contributed by atoms with E-state index in [1.807, 2.05) is 0 Å². The van der Waals surface area contributed by atoms with E-state index in [1.54, 1.807) is 0 Å². The van der Waals surface area contributed by atoms with Crippen LogP contribution in [0.2, 0.25) is 0 Å². The Labute approximate surface area is 59.0 Å². The second kappa shape index (κ2) is 6.83. The zero-order valence-electron chi connectivity index (χ0n) is 3.60. The maximum absolute atomic E-state index is 8.07. The van der Waals surface area contributed by atoms with Crippen LogP contribution in [-0.4, -0.2) is 16.5 Å². The van der Waals surface area contributed by atoms with E-state index in [1.165, 1.54) is 0 Å². The molecule has 0 fully saturated rings. The van der Waals surface area contributed by atoms with Crippen LogP contribution < -0.4 is 0 Å². The van der Waals surface area contributed by atoms with Gasteiger partial charge in [0.1, 0.15) is 4.84 Å². The Balaban J connectivity index is 0. The number of alkyl halides is 2. The Bertz CT molecular complexity index is 31.4. The van der Waals surface area contributed by atoms with Gasteiger partial charge in [0.2, 0.25) is 0 Å². The van der Waals surface area contributed by atoms with Crippen molar-refractivity contribution in [2.45, 2.75) is 11.3 Å². The lowest BCUT2D eigenvalue weighted by Crippen LogP contribution is -1.89. The molecular formula is C3H7Cl3O. The fourth-order valence-electron chi connectivity index (χ4n) is 0.0976. The van der Waals surface area contributed by atoms with Crippen molar-refractivity contribution in [3.8, 4) is 0 Å². The van der Waals surface area contributed by atoms with Gasteiger partial charge in [-0.2, -0.15) is 0 Å². The molecule has 0 heterocycles. The number of aliphatic hydroxyl groups excluding tert-OH is 1. The number of hydrogen-bond acceptors (Lipinski definition) is 1. The monoisotopic (exact) mass is 164 g/mol. The summed E-state index contributed by atoms with van der Waals surface area (Å²) in [5.41, 5.74) is 0. The fraction of sp³-hybridized carbons (Fsp3) is 1.00. The standard InChI is InChI=1S/C3H6Cl2O.ClH/c4-3(5)1-2-6;/h3,6H,1-2H2;1H. The topological polar surface area (TPSA) is 20.2 Å². The first kappa shape index (κ1) is 10.7. The highest BCUT2D eigenvalue weighted by Gasteiger charge is 1.92. The molecule has 0 rings (SSSR count). The molecule has 0 radical (unpaired) electrons. The van der Waals surface area contributed by atoms with Crippen LogP contribution in [0, 0.1) is 0 Å². The van der Waals surface area contributed by atoms with E-state index in [2.05, 4.69) is 0 Å². The lowest BCUT2D eigenvalue weighted by atomic mass is 10.5. The van der Waals surface area contributed by atoms with E-state index in [9.17, 15) is 0 Å². The van der Waals surface area contributed by atoms with Crippen LogP contribution in [0.3, 0.4) is 0 Å². The lowest BCUT2D eigenvalue weighted by molar-refractivity contribution is 0.293. The first-order valence-corrected chi connectivity index (χ1v) is 2.53. The van der Waals surface area contributed by atoms with Crippen LogP contribution in [0.1, 0.15) is 6.42 Å². The molecule has 7 heavy (non-hydrogen) atoms. The summed E-state index contributed by atoms with van der Waals surface area (Å²) in [5, 5.41) is 8.07. The van der Waals surface area contributed by atoms with Crippen LogP contribution in [0.15, 0.2) is 0 Å². The van der Waals surface area contributed by atoms with Crippen LogP contribution in [0.25, 0.3) is 0 Å². The van der Waals surface area contributed by atoms with Crippen LogP contribution in [-0.2, 0) is 0 Å². The molecule has 0 aromatic heterocycles. The predicted molar refractivity (Wildman–Crippen MR) is 34.4 cm³/mol. The molecule has 1 N–H and O–H groups in total. The molecule has 0 atom stereocenters. The largest absolute Gasteiger partial charge is 0.396 e. The van der Waals surface area contributed by atoms with Gasteiger partial charge in [0, 0.05) is 13.0 Å². The summed E-state index contributed by atoms with van der Waals surface area (Å²) in [5.74, 6) is 0. The number of rotatable bonds is 2. The molecule has 0 saturated heterocycles. The van der Waals surface area contributed by atoms with Crippen molar-refractivity contribution in [3.05, 3.63) is 0 Å². The molecule has 0 aliphatic rings. The van der Waals surface area contributed by atoms with E-state index in [0.717, 1.165) is 0 Å². The molecule has 0 saturated carbocycles. The zero-order chi connectivity index (χ0) is 4.99. The Hall–Kier alpha value is 0.830. The summed E-state index contributed by atoms with van der Waals surface area (Å²) in [6, 6.07) is 0. The van der Waals surface area contributed by atoms with E-state index in [0.29, 0.717) is 6.42 Å². The van der Waals surface area contributed by atoms with Gasteiger partial charge >= 0.3 is 0 Å². The third kappa shape index (κ3) is 10.9. The first-order valence-electron chi connectivity index (χ1n) is 1.66. The third-order valence-corrected chi connectivity index (χ3v) is 0.784. The highest BCUT2D eigenvalue weighted by molar-refractivity contribution is 6.44. The van der Waals surface area contributed by atoms with E-state index in [-0.39, 0.29) is 19.0 Å². The highest BCUT2D eigenvalue weighted by atomic mass is 35.5. The molecule has 0 bridgehead atoms. The van der Waals surface area contributed by atoms with Gasteiger partial charge in [-0.25, -0.2) is 0 Å². The van der Waals surface area contributed by atoms with Crippen molar-refractivity contribution >= 4 is 35.6 Å². The molecule has 0 unspecified atom stereocenters. The quantitative estimate of drug-likeness (QED) is 0.616. The molecule has 1 nitrogen and oxygen atoms in total. The number of hydrogen-bond donors (Lipinski definition) is 1. The maximum Gasteiger partial charge on any atom is 0.110 e. The molecule has 0 spiro atoms. The summed E-state index contributed by atoms with van der Waals surface area (Å²) in [7, 11) is 0. The van der Waals surface area contributed by atoms with E-state index >= 15 is 0 Å². The van der Waals surface area contributed by atoms with Gasteiger partial charge in [-0.1, -0.05) is 0 Å². The minimum atomic E-state index is -0.407. The molecule has 0 aromatic carbocycles. The van der Waals surface area contributed by atoms with Crippen LogP contribution in [0.4, 0.5) is 0 Å². The fourth-order valence-corrected chi connectivity index (χ4v) is 0.293. The lowest BCUT2D eigenvalue weighted by Gasteiger charge is -1.90. The molecule has 0 aliphatic carbocycles. The van der Waals surface area contributed by atoms with Crippen LogP contribution in [0.5, 0.6) is 0 Å². The zero-order valence-corrected chi connectivity index (χ0v) is 5.93. The molecule has 0 aliphatic heterocycles. The molecular weight excluding hydrogens is 158 g/mol. The van der Waals surface area contributed by atoms with Gasteiger partial charge in [-0.3, -0.25) is 0 Å². The van der Waals surface area contributed by atoms with Crippen LogP contribution >= 0.6 is 35.6 Å². The van der Waals surface area contributed by atoms with Gasteiger partial charge in [0.15, 0.2) is 0 Å². The smallest absolute Gasteiger partial charge is 0.110 e. The summed E-state index contributed by atoms with van der Waals surface area (Å²) >= 11 is 10.4. The summed E-state index contributed by atoms with van der Waals surface area (Å²) < 4.78 is 0. The third-order valence-electron chi connectivity index (χ3n) is 0.347. The van der Waals surface area contributed by atoms with Gasteiger partial charge in [-0.05, 0) is 0 Å². The average molecular weight is 165 g/mol. The number of aliphatic hydroxyl groups is 1. The van der Waals surface area contributed by atoms with Gasteiger partial charge in [0.25, 0.3) is 0 Å². The number of halogens is 3. The van der Waals surface area contributed by atoms with Crippen molar-refractivity contribution in [1.29, 1.82) is 0 Å². The molecule has 0 aromatic rings. The van der Waals surface area contributed by atoms with Crippen molar-refractivity contribution in [3.63, 3.8) is 0 Å². The second-order valence-electron chi connectivity index (χ2n) is 0.903. The normalized spacial score (nSPS) is 8.57. The minimum absolute atomic E-state index is 0. The molecule has 0 amide bonds. The Morgan fingerprint density at radius 3 is 1.86 bits per heavy atom. The Kier molecular flexibility index (Phi) is 10.5. The van der Waals surface area contributed by atoms with Crippen molar-refractivity contribution in [1.82, 2.24) is 0 Å². The Morgan fingerprint density at radius 2 is 1.86 bits per heavy atom. The molecule has 4 heteroatoms. The Morgan fingerprint density at radius 1 is 1.43 bits per heavy atom. The molecule has 46 valence electrons.